The van der Waals surface area contributed by atoms with E-state index >= 15 is 0 Å². The number of hydrogen-bond acceptors (Lipinski definition) is 5. The molecule has 2 aliphatic rings. The number of fused-ring (bicyclic) bond motifs is 1. The monoisotopic (exact) mass is 422 g/mol. The second kappa shape index (κ2) is 8.40. The van der Waals surface area contributed by atoms with Gasteiger partial charge in [-0.3, -0.25) is 19.3 Å². The van der Waals surface area contributed by atoms with E-state index in [1.807, 2.05) is 38.1 Å². The van der Waals surface area contributed by atoms with Gasteiger partial charge in [0.1, 0.15) is 5.56 Å². The molecule has 1 aromatic heterocycles. The third-order valence-electron chi connectivity index (χ3n) is 6.18. The largest absolute Gasteiger partial charge is 0.325 e. The van der Waals surface area contributed by atoms with Gasteiger partial charge in [-0.2, -0.15) is 0 Å². The first-order chi connectivity index (χ1) is 14.7. The Labute approximate surface area is 182 Å². The molecule has 7 nitrogen and oxygen atoms in total. The number of aromatic amines is 1. The number of piperazine rings is 1. The summed E-state index contributed by atoms with van der Waals surface area (Å²) in [6, 6.07) is 9.14. The Balaban J connectivity index is 1.44. The molecule has 2 N–H and O–H groups in total. The molecule has 1 fully saturated rings. The highest BCUT2D eigenvalue weighted by molar-refractivity contribution is 6.06. The van der Waals surface area contributed by atoms with Crippen molar-refractivity contribution in [3.63, 3.8) is 0 Å². The average molecular weight is 423 g/mol. The molecule has 2 aromatic rings. The maximum atomic E-state index is 12.7. The molecule has 31 heavy (non-hydrogen) atoms. The molecular weight excluding hydrogens is 392 g/mol. The molecule has 0 saturated carbocycles. The van der Waals surface area contributed by atoms with Crippen LogP contribution in [0.3, 0.4) is 0 Å². The molecular formula is C24H30N4O3. The molecule has 7 heteroatoms. The number of pyridine rings is 1. The van der Waals surface area contributed by atoms with E-state index in [4.69, 9.17) is 0 Å². The van der Waals surface area contributed by atoms with Gasteiger partial charge in [-0.05, 0) is 42.6 Å². The first-order valence-electron chi connectivity index (χ1n) is 10.8. The number of H-pyrrole nitrogens is 1. The van der Waals surface area contributed by atoms with Crippen molar-refractivity contribution in [2.45, 2.75) is 33.2 Å². The summed E-state index contributed by atoms with van der Waals surface area (Å²) in [5.41, 5.74) is 2.19. The number of Topliss-reactive ketones (excluding diaryl/α,β-unsaturated/α-hetero) is 1. The quantitative estimate of drug-likeness (QED) is 0.791. The van der Waals surface area contributed by atoms with Crippen LogP contribution in [0.5, 0.6) is 0 Å². The summed E-state index contributed by atoms with van der Waals surface area (Å²) in [4.78, 5) is 45.2. The highest BCUT2D eigenvalue weighted by Gasteiger charge is 2.32. The number of nitrogens with one attached hydrogen (secondary N) is 2. The smallest absolute Gasteiger partial charge is 0.261 e. The number of ketones is 1. The lowest BCUT2D eigenvalue weighted by Gasteiger charge is -2.32. The van der Waals surface area contributed by atoms with Crippen LogP contribution in [0.25, 0.3) is 0 Å². The highest BCUT2D eigenvalue weighted by atomic mass is 16.2. The maximum absolute atomic E-state index is 12.7. The van der Waals surface area contributed by atoms with Gasteiger partial charge in [0.25, 0.3) is 11.5 Å². The first-order valence-corrected chi connectivity index (χ1v) is 10.8. The summed E-state index contributed by atoms with van der Waals surface area (Å²) in [5.74, 6) is -0.543. The fraction of sp³-hybridized carbons (Fsp3) is 0.458. The number of hydrogen-bond donors (Lipinski definition) is 2. The molecule has 2 heterocycles. The molecule has 1 aliphatic heterocycles. The minimum absolute atomic E-state index is 0.0340. The van der Waals surface area contributed by atoms with Crippen molar-refractivity contribution in [1.82, 2.24) is 14.8 Å². The Morgan fingerprint density at radius 1 is 1.06 bits per heavy atom. The zero-order valence-corrected chi connectivity index (χ0v) is 18.5. The van der Waals surface area contributed by atoms with Gasteiger partial charge in [0.2, 0.25) is 0 Å². The molecule has 1 amide bonds. The standard InChI is InChI=1S/C24H30N4O3/c1-24(2)13-20-18(21(29)14-24)12-19(23(31)26-20)22(30)25-17-6-4-16(5-7-17)15-28-10-8-27(3)9-11-28/h4-7,12H,8-11,13-15H2,1-3H3,(H,25,30)(H,26,31). The normalized spacial score (nSPS) is 19.1. The number of carbonyl (C=O) groups excluding carboxylic acids is 2. The van der Waals surface area contributed by atoms with Gasteiger partial charge in [0.15, 0.2) is 5.78 Å². The number of anilines is 1. The second-order valence-corrected chi connectivity index (χ2v) is 9.58. The number of rotatable bonds is 4. The van der Waals surface area contributed by atoms with Crippen LogP contribution < -0.4 is 10.9 Å². The van der Waals surface area contributed by atoms with Crippen molar-refractivity contribution in [3.8, 4) is 0 Å². The molecule has 164 valence electrons. The molecule has 1 aliphatic carbocycles. The van der Waals surface area contributed by atoms with Crippen LogP contribution in [0, 0.1) is 5.41 Å². The summed E-state index contributed by atoms with van der Waals surface area (Å²) >= 11 is 0. The first kappa shape index (κ1) is 21.5. The van der Waals surface area contributed by atoms with Crippen molar-refractivity contribution in [2.75, 3.05) is 38.5 Å². The Kier molecular flexibility index (Phi) is 5.81. The van der Waals surface area contributed by atoms with Crippen molar-refractivity contribution in [3.05, 3.63) is 63.1 Å². The number of aromatic nitrogens is 1. The number of benzene rings is 1. The third kappa shape index (κ3) is 4.94. The van der Waals surface area contributed by atoms with E-state index in [9.17, 15) is 14.4 Å². The molecule has 0 bridgehead atoms. The summed E-state index contributed by atoms with van der Waals surface area (Å²) in [6.45, 7) is 9.12. The Bertz CT molecular complexity index is 1050. The lowest BCUT2D eigenvalue weighted by Crippen LogP contribution is -2.43. The lowest BCUT2D eigenvalue weighted by atomic mass is 9.75. The van der Waals surface area contributed by atoms with Gasteiger partial charge in [0, 0.05) is 56.1 Å². The van der Waals surface area contributed by atoms with E-state index < -0.39 is 11.5 Å². The van der Waals surface area contributed by atoms with Crippen molar-refractivity contribution >= 4 is 17.4 Å². The van der Waals surface area contributed by atoms with Crippen LogP contribution in [0.15, 0.2) is 35.1 Å². The summed E-state index contributed by atoms with van der Waals surface area (Å²) in [7, 11) is 2.14. The topological polar surface area (TPSA) is 85.5 Å². The van der Waals surface area contributed by atoms with Crippen LogP contribution in [0.2, 0.25) is 0 Å². The number of nitrogens with zero attached hydrogens (tertiary/aromatic N) is 2. The zero-order chi connectivity index (χ0) is 22.2. The molecule has 0 unspecified atom stereocenters. The maximum Gasteiger partial charge on any atom is 0.261 e. The lowest BCUT2D eigenvalue weighted by molar-refractivity contribution is 0.0910. The Hall–Kier alpha value is -2.77. The van der Waals surface area contributed by atoms with Gasteiger partial charge in [-0.1, -0.05) is 26.0 Å². The molecule has 1 saturated heterocycles. The fourth-order valence-corrected chi connectivity index (χ4v) is 4.35. The van der Waals surface area contributed by atoms with Gasteiger partial charge >= 0.3 is 0 Å². The van der Waals surface area contributed by atoms with Crippen molar-refractivity contribution < 1.29 is 9.59 Å². The molecule has 4 rings (SSSR count). The fourth-order valence-electron chi connectivity index (χ4n) is 4.35. The van der Waals surface area contributed by atoms with E-state index in [0.29, 0.717) is 29.8 Å². The predicted octanol–water partition coefficient (Wildman–Crippen LogP) is 2.53. The number of likely N-dealkylation sites (N-methyl/N-ethyl adjacent to an activating group) is 1. The van der Waals surface area contributed by atoms with Gasteiger partial charge < -0.3 is 15.2 Å². The van der Waals surface area contributed by atoms with Crippen LogP contribution >= 0.6 is 0 Å². The Morgan fingerprint density at radius 2 is 1.74 bits per heavy atom. The van der Waals surface area contributed by atoms with Crippen LogP contribution in [-0.4, -0.2) is 59.7 Å². The molecule has 0 spiro atoms. The summed E-state index contributed by atoms with van der Waals surface area (Å²) in [6.07, 6.45) is 1.02. The van der Waals surface area contributed by atoms with Crippen molar-refractivity contribution in [2.24, 2.45) is 5.41 Å². The zero-order valence-electron chi connectivity index (χ0n) is 18.5. The van der Waals surface area contributed by atoms with Crippen LogP contribution in [0.1, 0.15) is 52.2 Å². The number of carbonyl (C=O) groups is 2. The average Bonchev–Trinajstić information content (AvgIpc) is 2.69. The minimum atomic E-state index is -0.506. The second-order valence-electron chi connectivity index (χ2n) is 9.58. The summed E-state index contributed by atoms with van der Waals surface area (Å²) in [5, 5.41) is 2.78. The van der Waals surface area contributed by atoms with E-state index in [2.05, 4.69) is 27.1 Å². The third-order valence-corrected chi connectivity index (χ3v) is 6.18. The SMILES string of the molecule is CN1CCN(Cc2ccc(NC(=O)c3cc4c([nH]c3=O)CC(C)(C)CC4=O)cc2)CC1. The van der Waals surface area contributed by atoms with E-state index in [1.165, 1.54) is 11.6 Å². The van der Waals surface area contributed by atoms with E-state index in [1.54, 1.807) is 0 Å². The molecule has 0 radical (unpaired) electrons. The minimum Gasteiger partial charge on any atom is -0.325 e. The highest BCUT2D eigenvalue weighted by Crippen LogP contribution is 2.33. The van der Waals surface area contributed by atoms with Gasteiger partial charge in [0.05, 0.1) is 0 Å². The Morgan fingerprint density at radius 3 is 2.42 bits per heavy atom. The van der Waals surface area contributed by atoms with E-state index in [-0.39, 0.29) is 16.8 Å². The van der Waals surface area contributed by atoms with Gasteiger partial charge in [-0.15, -0.1) is 0 Å². The molecule has 0 atom stereocenters. The number of amides is 1. The van der Waals surface area contributed by atoms with Gasteiger partial charge in [-0.25, -0.2) is 0 Å². The van der Waals surface area contributed by atoms with Crippen LogP contribution in [-0.2, 0) is 13.0 Å². The summed E-state index contributed by atoms with van der Waals surface area (Å²) < 4.78 is 0. The van der Waals surface area contributed by atoms with E-state index in [0.717, 1.165) is 32.7 Å². The van der Waals surface area contributed by atoms with Crippen molar-refractivity contribution in [1.29, 1.82) is 0 Å². The predicted molar refractivity (Wildman–Crippen MR) is 121 cm³/mol. The van der Waals surface area contributed by atoms with Crippen LogP contribution in [0.4, 0.5) is 5.69 Å². The molecule has 1 aromatic carbocycles.